The first-order valence-corrected chi connectivity index (χ1v) is 6.46. The topological polar surface area (TPSA) is 59.6 Å². The molecule has 0 aliphatic carbocycles. The van der Waals surface area contributed by atoms with Crippen molar-refractivity contribution in [3.05, 3.63) is 0 Å². The predicted molar refractivity (Wildman–Crippen MR) is 63.8 cm³/mol. The zero-order valence-corrected chi connectivity index (χ0v) is 10.4. The highest BCUT2D eigenvalue weighted by atomic mass is 16.5. The van der Waals surface area contributed by atoms with Crippen LogP contribution < -0.4 is 10.6 Å². The molecule has 5 heteroatoms. The third-order valence-electron chi connectivity index (χ3n) is 3.58. The molecule has 0 saturated carbocycles. The summed E-state index contributed by atoms with van der Waals surface area (Å²) in [5.41, 5.74) is 0. The molecule has 0 radical (unpaired) electrons. The summed E-state index contributed by atoms with van der Waals surface area (Å²) in [6.07, 6.45) is 2.08. The Morgan fingerprint density at radius 1 is 1.29 bits per heavy atom. The number of hydrogen-bond acceptors (Lipinski definition) is 4. The van der Waals surface area contributed by atoms with E-state index in [1.165, 1.54) is 0 Å². The molecule has 2 atom stereocenters. The lowest BCUT2D eigenvalue weighted by Gasteiger charge is -2.30. The van der Waals surface area contributed by atoms with E-state index in [0.29, 0.717) is 19.1 Å². The van der Waals surface area contributed by atoms with E-state index < -0.39 is 0 Å². The number of rotatable bonds is 3. The minimum atomic E-state index is -0.189. The monoisotopic (exact) mass is 242 g/mol. The lowest BCUT2D eigenvalue weighted by molar-refractivity contribution is -0.127. The van der Waals surface area contributed by atoms with E-state index in [2.05, 4.69) is 17.6 Å². The Morgan fingerprint density at radius 2 is 2.06 bits per heavy atom. The van der Waals surface area contributed by atoms with Crippen LogP contribution in [0.15, 0.2) is 0 Å². The van der Waals surface area contributed by atoms with Crippen molar-refractivity contribution in [2.75, 3.05) is 33.0 Å². The zero-order valence-electron chi connectivity index (χ0n) is 10.4. The molecule has 17 heavy (non-hydrogen) atoms. The van der Waals surface area contributed by atoms with Gasteiger partial charge >= 0.3 is 0 Å². The van der Waals surface area contributed by atoms with E-state index in [0.717, 1.165) is 32.6 Å². The number of morpholine rings is 1. The van der Waals surface area contributed by atoms with Crippen LogP contribution in [0.4, 0.5) is 0 Å². The van der Waals surface area contributed by atoms with Gasteiger partial charge < -0.3 is 20.1 Å². The maximum atomic E-state index is 12.0. The maximum absolute atomic E-state index is 12.0. The second kappa shape index (κ2) is 6.33. The Morgan fingerprint density at radius 3 is 2.71 bits per heavy atom. The third-order valence-corrected chi connectivity index (χ3v) is 3.58. The lowest BCUT2D eigenvalue weighted by Crippen LogP contribution is -2.54. The molecular weight excluding hydrogens is 220 g/mol. The minimum absolute atomic E-state index is 0.0590. The summed E-state index contributed by atoms with van der Waals surface area (Å²) < 4.78 is 10.6. The highest BCUT2D eigenvalue weighted by Crippen LogP contribution is 2.18. The fourth-order valence-electron chi connectivity index (χ4n) is 2.39. The van der Waals surface area contributed by atoms with Crippen molar-refractivity contribution in [3.8, 4) is 0 Å². The lowest BCUT2D eigenvalue weighted by atomic mass is 9.93. The molecule has 0 bridgehead atoms. The van der Waals surface area contributed by atoms with E-state index in [1.54, 1.807) is 0 Å². The van der Waals surface area contributed by atoms with E-state index in [4.69, 9.17) is 9.47 Å². The van der Waals surface area contributed by atoms with Crippen molar-refractivity contribution in [2.45, 2.75) is 31.8 Å². The Labute approximate surface area is 102 Å². The van der Waals surface area contributed by atoms with Gasteiger partial charge in [0.25, 0.3) is 0 Å². The summed E-state index contributed by atoms with van der Waals surface area (Å²) in [4.78, 5) is 12.0. The highest BCUT2D eigenvalue weighted by Gasteiger charge is 2.26. The first-order chi connectivity index (χ1) is 8.27. The van der Waals surface area contributed by atoms with Gasteiger partial charge in [-0.15, -0.1) is 0 Å². The molecule has 2 saturated heterocycles. The molecule has 2 rings (SSSR count). The van der Waals surface area contributed by atoms with Gasteiger partial charge in [-0.25, -0.2) is 0 Å². The summed E-state index contributed by atoms with van der Waals surface area (Å²) in [5, 5.41) is 6.25. The Hall–Kier alpha value is -0.650. The molecule has 2 N–H and O–H groups in total. The van der Waals surface area contributed by atoms with E-state index in [9.17, 15) is 4.79 Å². The third kappa shape index (κ3) is 3.66. The van der Waals surface area contributed by atoms with Gasteiger partial charge in [-0.2, -0.15) is 0 Å². The smallest absolute Gasteiger partial charge is 0.239 e. The fraction of sp³-hybridized carbons (Fsp3) is 0.917. The number of carbonyl (C=O) groups is 1. The molecule has 0 aromatic carbocycles. The molecule has 0 aromatic rings. The largest absolute Gasteiger partial charge is 0.381 e. The van der Waals surface area contributed by atoms with Gasteiger partial charge in [0.1, 0.15) is 6.04 Å². The maximum Gasteiger partial charge on any atom is 0.239 e. The van der Waals surface area contributed by atoms with Gasteiger partial charge in [0.15, 0.2) is 0 Å². The van der Waals surface area contributed by atoms with Crippen LogP contribution >= 0.6 is 0 Å². The van der Waals surface area contributed by atoms with Crippen molar-refractivity contribution >= 4 is 5.91 Å². The van der Waals surface area contributed by atoms with Crippen LogP contribution in [0.1, 0.15) is 19.8 Å². The summed E-state index contributed by atoms with van der Waals surface area (Å²) in [6, 6.07) is 0.0289. The Balaban J connectivity index is 1.76. The summed E-state index contributed by atoms with van der Waals surface area (Å²) in [7, 11) is 0. The molecule has 0 aromatic heterocycles. The average molecular weight is 242 g/mol. The van der Waals surface area contributed by atoms with Gasteiger partial charge in [-0.05, 0) is 25.7 Å². The van der Waals surface area contributed by atoms with E-state index in [-0.39, 0.29) is 18.0 Å². The van der Waals surface area contributed by atoms with Crippen LogP contribution in [0.3, 0.4) is 0 Å². The van der Waals surface area contributed by atoms with Crippen LogP contribution in [0.5, 0.6) is 0 Å². The van der Waals surface area contributed by atoms with Gasteiger partial charge in [0.2, 0.25) is 5.91 Å². The molecule has 2 heterocycles. The number of ether oxygens (including phenoxy) is 2. The van der Waals surface area contributed by atoms with Gasteiger partial charge in [-0.3, -0.25) is 4.79 Å². The fourth-order valence-corrected chi connectivity index (χ4v) is 2.39. The number of hydrogen-bond donors (Lipinski definition) is 2. The first-order valence-electron chi connectivity index (χ1n) is 6.46. The molecule has 2 aliphatic heterocycles. The normalized spacial score (nSPS) is 28.6. The zero-order chi connectivity index (χ0) is 12.1. The molecule has 2 aliphatic rings. The van der Waals surface area contributed by atoms with Gasteiger partial charge in [0.05, 0.1) is 13.2 Å². The van der Waals surface area contributed by atoms with Crippen molar-refractivity contribution in [2.24, 2.45) is 5.92 Å². The predicted octanol–water partition coefficient (Wildman–Crippen LogP) is -0.0939. The Bertz CT molecular complexity index is 248. The van der Waals surface area contributed by atoms with Crippen molar-refractivity contribution in [1.29, 1.82) is 0 Å². The summed E-state index contributed by atoms with van der Waals surface area (Å²) in [5.74, 6) is 0.598. The van der Waals surface area contributed by atoms with Crippen LogP contribution in [0.25, 0.3) is 0 Å². The molecule has 2 unspecified atom stereocenters. The summed E-state index contributed by atoms with van der Waals surface area (Å²) in [6.45, 7) is 5.64. The van der Waals surface area contributed by atoms with Crippen LogP contribution in [0.2, 0.25) is 0 Å². The van der Waals surface area contributed by atoms with E-state index in [1.807, 2.05) is 0 Å². The SMILES string of the molecule is CC(NC(=O)C1COCCN1)C1CCOCC1. The average Bonchev–Trinajstić information content (AvgIpc) is 2.40. The molecule has 5 nitrogen and oxygen atoms in total. The standard InChI is InChI=1S/C12H22N2O3/c1-9(10-2-5-16-6-3-10)14-12(15)11-8-17-7-4-13-11/h9-11,13H,2-8H2,1H3,(H,14,15). The molecular formula is C12H22N2O3. The summed E-state index contributed by atoms with van der Waals surface area (Å²) >= 11 is 0. The number of carbonyl (C=O) groups excluding carboxylic acids is 1. The van der Waals surface area contributed by atoms with Crippen LogP contribution in [-0.4, -0.2) is 51.0 Å². The second-order valence-corrected chi connectivity index (χ2v) is 4.83. The Kier molecular flexibility index (Phi) is 4.76. The minimum Gasteiger partial charge on any atom is -0.381 e. The van der Waals surface area contributed by atoms with Crippen LogP contribution in [-0.2, 0) is 14.3 Å². The van der Waals surface area contributed by atoms with E-state index >= 15 is 0 Å². The molecule has 98 valence electrons. The van der Waals surface area contributed by atoms with Crippen molar-refractivity contribution < 1.29 is 14.3 Å². The highest BCUT2D eigenvalue weighted by molar-refractivity contribution is 5.82. The first kappa shape index (κ1) is 12.8. The molecule has 0 spiro atoms. The second-order valence-electron chi connectivity index (χ2n) is 4.83. The molecule has 1 amide bonds. The number of amides is 1. The van der Waals surface area contributed by atoms with Gasteiger partial charge in [0, 0.05) is 25.8 Å². The van der Waals surface area contributed by atoms with Gasteiger partial charge in [-0.1, -0.05) is 0 Å². The van der Waals surface area contributed by atoms with Crippen molar-refractivity contribution in [1.82, 2.24) is 10.6 Å². The van der Waals surface area contributed by atoms with Crippen LogP contribution in [0, 0.1) is 5.92 Å². The number of nitrogens with one attached hydrogen (secondary N) is 2. The quantitative estimate of drug-likeness (QED) is 0.726. The molecule has 2 fully saturated rings. The van der Waals surface area contributed by atoms with Crippen molar-refractivity contribution in [3.63, 3.8) is 0 Å².